The first kappa shape index (κ1) is 23.5. The normalized spacial score (nSPS) is 24.6. The Bertz CT molecular complexity index is 1400. The zero-order chi connectivity index (χ0) is 25.7. The highest BCUT2D eigenvalue weighted by molar-refractivity contribution is 7.17. The molecule has 2 aromatic heterocycles. The molecule has 1 aromatic carbocycles. The number of thiophene rings is 1. The van der Waals surface area contributed by atoms with Crippen molar-refractivity contribution in [2.24, 2.45) is 23.5 Å². The van der Waals surface area contributed by atoms with Crippen molar-refractivity contribution in [2.45, 2.75) is 12.5 Å². The Morgan fingerprint density at radius 2 is 1.89 bits per heavy atom. The number of piperazine rings is 1. The monoisotopic (exact) mass is 523 g/mol. The van der Waals surface area contributed by atoms with Gasteiger partial charge in [0.2, 0.25) is 11.9 Å². The minimum atomic E-state index is -0.960. The van der Waals surface area contributed by atoms with Gasteiger partial charge in [0.05, 0.1) is 21.8 Å². The second-order valence-electron chi connectivity index (χ2n) is 9.63. The molecule has 2 amide bonds. The van der Waals surface area contributed by atoms with Gasteiger partial charge in [0.1, 0.15) is 11.6 Å². The molecule has 2 fully saturated rings. The van der Waals surface area contributed by atoms with Crippen LogP contribution in [0.3, 0.4) is 0 Å². The molecule has 2 aliphatic carbocycles. The van der Waals surface area contributed by atoms with Gasteiger partial charge in [0, 0.05) is 37.9 Å². The average Bonchev–Trinajstić information content (AvgIpc) is 3.61. The van der Waals surface area contributed by atoms with E-state index in [0.717, 1.165) is 16.6 Å². The number of halogens is 1. The van der Waals surface area contributed by atoms with E-state index in [2.05, 4.69) is 32.8 Å². The summed E-state index contributed by atoms with van der Waals surface area (Å²) in [5.74, 6) is 0.258. The molecule has 0 spiro atoms. The largest absolute Gasteiger partial charge is 0.465 e. The van der Waals surface area contributed by atoms with E-state index in [9.17, 15) is 9.59 Å². The molecular formula is C25H26FN7O3S. The number of hydrogen-bond donors (Lipinski definition) is 4. The fraction of sp³-hybridized carbons (Fsp3) is 0.360. The fourth-order valence-corrected chi connectivity index (χ4v) is 6.47. The molecule has 192 valence electrons. The number of benzene rings is 1. The predicted molar refractivity (Wildman–Crippen MR) is 140 cm³/mol. The Labute approximate surface area is 216 Å². The number of nitrogens with zero attached hydrogens (tertiary/aromatic N) is 4. The van der Waals surface area contributed by atoms with Gasteiger partial charge in [0.15, 0.2) is 0 Å². The summed E-state index contributed by atoms with van der Waals surface area (Å²) < 4.78 is 15.9. The van der Waals surface area contributed by atoms with Crippen LogP contribution < -0.4 is 21.3 Å². The molecule has 3 aromatic rings. The van der Waals surface area contributed by atoms with Crippen molar-refractivity contribution in [3.05, 3.63) is 47.6 Å². The minimum absolute atomic E-state index is 0.140. The number of nitrogens with two attached hydrogens (primary N) is 1. The maximum Gasteiger partial charge on any atom is 0.407 e. The molecular weight excluding hydrogens is 497 g/mol. The number of hydrogen-bond acceptors (Lipinski definition) is 8. The third kappa shape index (κ3) is 4.31. The first-order valence-electron chi connectivity index (χ1n) is 12.2. The van der Waals surface area contributed by atoms with E-state index < -0.39 is 11.9 Å². The van der Waals surface area contributed by atoms with Crippen LogP contribution in [0.4, 0.5) is 32.3 Å². The molecule has 1 aliphatic heterocycles. The van der Waals surface area contributed by atoms with Crippen molar-refractivity contribution in [1.82, 2.24) is 14.9 Å². The van der Waals surface area contributed by atoms with Gasteiger partial charge in [-0.05, 0) is 47.9 Å². The maximum absolute atomic E-state index is 15.0. The lowest BCUT2D eigenvalue weighted by Crippen LogP contribution is -2.48. The summed E-state index contributed by atoms with van der Waals surface area (Å²) in [7, 11) is 0. The SMILES string of the molecule is NC(=O)[C@H]1C2C=CC(C2)[C@H]1Nc1nc(Nc2ccc(N3CCN(C(=O)O)CC3)c(F)c2)nc2ccsc12. The number of carbonyl (C=O) groups is 2. The van der Waals surface area contributed by atoms with Crippen molar-refractivity contribution in [2.75, 3.05) is 41.7 Å². The summed E-state index contributed by atoms with van der Waals surface area (Å²) in [5, 5.41) is 17.6. The fourth-order valence-electron chi connectivity index (χ4n) is 5.69. The van der Waals surface area contributed by atoms with Gasteiger partial charge < -0.3 is 31.3 Å². The smallest absolute Gasteiger partial charge is 0.407 e. The molecule has 6 rings (SSSR count). The van der Waals surface area contributed by atoms with Crippen molar-refractivity contribution in [1.29, 1.82) is 0 Å². The highest BCUT2D eigenvalue weighted by Gasteiger charge is 2.47. The highest BCUT2D eigenvalue weighted by atomic mass is 32.1. The maximum atomic E-state index is 15.0. The van der Waals surface area contributed by atoms with Gasteiger partial charge in [0.25, 0.3) is 0 Å². The molecule has 10 nitrogen and oxygen atoms in total. The standard InChI is InChI=1S/C25H26FN7O3S/c26-16-12-15(3-4-18(16)32-6-8-33(9-7-32)25(35)36)28-24-29-17-5-10-37-21(17)23(31-24)30-20-14-2-1-13(11-14)19(20)22(27)34/h1-5,10,12-14,19-20H,6-9,11H2,(H2,27,34)(H,35,36)(H2,28,29,30,31)/t13?,14?,19-,20+/m0/s1. The zero-order valence-electron chi connectivity index (χ0n) is 19.8. The lowest BCUT2D eigenvalue weighted by molar-refractivity contribution is -0.122. The van der Waals surface area contributed by atoms with Crippen LogP contribution in [0.1, 0.15) is 6.42 Å². The summed E-state index contributed by atoms with van der Waals surface area (Å²) in [6.45, 7) is 1.50. The molecule has 5 N–H and O–H groups in total. The minimum Gasteiger partial charge on any atom is -0.465 e. The van der Waals surface area contributed by atoms with Gasteiger partial charge in [-0.1, -0.05) is 12.2 Å². The highest BCUT2D eigenvalue weighted by Crippen LogP contribution is 2.45. The molecule has 3 heterocycles. The Hall–Kier alpha value is -3.93. The Morgan fingerprint density at radius 3 is 2.62 bits per heavy atom. The number of amides is 2. The molecule has 3 aliphatic rings. The topological polar surface area (TPSA) is 137 Å². The lowest BCUT2D eigenvalue weighted by atomic mass is 9.88. The summed E-state index contributed by atoms with van der Waals surface area (Å²) in [4.78, 5) is 35.7. The predicted octanol–water partition coefficient (Wildman–Crippen LogP) is 3.46. The molecule has 12 heteroatoms. The summed E-state index contributed by atoms with van der Waals surface area (Å²) >= 11 is 1.51. The summed E-state index contributed by atoms with van der Waals surface area (Å²) in [6, 6.07) is 6.57. The Kier molecular flexibility index (Phi) is 5.82. The van der Waals surface area contributed by atoms with Crippen LogP contribution in [0, 0.1) is 23.6 Å². The van der Waals surface area contributed by atoms with Gasteiger partial charge in [-0.3, -0.25) is 4.79 Å². The second kappa shape index (κ2) is 9.18. The van der Waals surface area contributed by atoms with Crippen LogP contribution in [0.2, 0.25) is 0 Å². The number of nitrogens with one attached hydrogen (secondary N) is 2. The third-order valence-corrected chi connectivity index (χ3v) is 8.40. The number of anilines is 4. The van der Waals surface area contributed by atoms with E-state index in [1.165, 1.54) is 22.3 Å². The van der Waals surface area contributed by atoms with Gasteiger partial charge >= 0.3 is 6.09 Å². The Balaban J connectivity index is 1.22. The van der Waals surface area contributed by atoms with Crippen LogP contribution in [-0.4, -0.2) is 64.2 Å². The van der Waals surface area contributed by atoms with Crippen molar-refractivity contribution >= 4 is 56.7 Å². The number of carbonyl (C=O) groups excluding carboxylic acids is 1. The van der Waals surface area contributed by atoms with Gasteiger partial charge in [-0.2, -0.15) is 4.98 Å². The van der Waals surface area contributed by atoms with Crippen LogP contribution in [-0.2, 0) is 4.79 Å². The van der Waals surface area contributed by atoms with Crippen LogP contribution >= 0.6 is 11.3 Å². The zero-order valence-corrected chi connectivity index (χ0v) is 20.6. The van der Waals surface area contributed by atoms with Crippen LogP contribution in [0.25, 0.3) is 10.2 Å². The number of fused-ring (bicyclic) bond motifs is 3. The first-order valence-corrected chi connectivity index (χ1v) is 13.0. The van der Waals surface area contributed by atoms with E-state index >= 15 is 4.39 Å². The van der Waals surface area contributed by atoms with E-state index in [0.29, 0.717) is 49.3 Å². The first-order chi connectivity index (χ1) is 17.9. The van der Waals surface area contributed by atoms with Crippen molar-refractivity contribution < 1.29 is 19.1 Å². The number of rotatable bonds is 6. The number of carboxylic acid groups (broad SMARTS) is 1. The van der Waals surface area contributed by atoms with Crippen molar-refractivity contribution in [3.8, 4) is 0 Å². The third-order valence-electron chi connectivity index (χ3n) is 7.49. The van der Waals surface area contributed by atoms with Crippen LogP contribution in [0.5, 0.6) is 0 Å². The van der Waals surface area contributed by atoms with E-state index in [1.54, 1.807) is 12.1 Å². The summed E-state index contributed by atoms with van der Waals surface area (Å²) in [5.41, 5.74) is 7.39. The average molecular weight is 524 g/mol. The second-order valence-corrected chi connectivity index (χ2v) is 10.5. The molecule has 2 unspecified atom stereocenters. The Morgan fingerprint density at radius 1 is 1.11 bits per heavy atom. The van der Waals surface area contributed by atoms with E-state index in [4.69, 9.17) is 10.8 Å². The summed E-state index contributed by atoms with van der Waals surface area (Å²) in [6.07, 6.45) is 4.15. The number of allylic oxidation sites excluding steroid dienone is 1. The van der Waals surface area contributed by atoms with Crippen molar-refractivity contribution in [3.63, 3.8) is 0 Å². The molecule has 4 atom stereocenters. The lowest BCUT2D eigenvalue weighted by Gasteiger charge is -2.34. The van der Waals surface area contributed by atoms with E-state index in [1.807, 2.05) is 16.3 Å². The van der Waals surface area contributed by atoms with Crippen LogP contribution in [0.15, 0.2) is 41.8 Å². The molecule has 0 radical (unpaired) electrons. The molecule has 37 heavy (non-hydrogen) atoms. The number of aromatic nitrogens is 2. The quantitative estimate of drug-likeness (QED) is 0.361. The molecule has 1 saturated heterocycles. The number of primary amides is 1. The van der Waals surface area contributed by atoms with Gasteiger partial charge in [-0.15, -0.1) is 11.3 Å². The van der Waals surface area contributed by atoms with E-state index in [-0.39, 0.29) is 29.7 Å². The molecule has 1 saturated carbocycles. The molecule has 2 bridgehead atoms. The van der Waals surface area contributed by atoms with Gasteiger partial charge in [-0.25, -0.2) is 14.2 Å².